The predicted octanol–water partition coefficient (Wildman–Crippen LogP) is 2.99. The van der Waals surface area contributed by atoms with Crippen LogP contribution in [0.4, 0.5) is 0 Å². The summed E-state index contributed by atoms with van der Waals surface area (Å²) >= 11 is 5.67. The van der Waals surface area contributed by atoms with Gasteiger partial charge in [-0.15, -0.1) is 24.8 Å². The van der Waals surface area contributed by atoms with Gasteiger partial charge >= 0.3 is 0 Å². The topological polar surface area (TPSA) is 0 Å². The van der Waals surface area contributed by atoms with Gasteiger partial charge in [-0.3, -0.25) is 0 Å². The minimum Gasteiger partial charge on any atom is -0.126 e. The van der Waals surface area contributed by atoms with Crippen LogP contribution < -0.4 is 0 Å². The number of hydrogen-bond donors (Lipinski definition) is 0. The second-order valence-electron chi connectivity index (χ2n) is 2.48. The summed E-state index contributed by atoms with van der Waals surface area (Å²) < 4.78 is 0. The van der Waals surface area contributed by atoms with Crippen LogP contribution >= 0.6 is 11.6 Å². The van der Waals surface area contributed by atoms with Crippen molar-refractivity contribution in [1.29, 1.82) is 0 Å². The maximum absolute atomic E-state index is 5.67. The fourth-order valence-corrected chi connectivity index (χ4v) is 0.740. The van der Waals surface area contributed by atoms with Gasteiger partial charge < -0.3 is 0 Å². The van der Waals surface area contributed by atoms with Crippen molar-refractivity contribution in [2.24, 2.45) is 5.41 Å². The van der Waals surface area contributed by atoms with Crippen LogP contribution in [-0.2, 0) is 0 Å². The molecule has 0 fully saturated rings. The van der Waals surface area contributed by atoms with Gasteiger partial charge in [0.2, 0.25) is 0 Å². The summed E-state index contributed by atoms with van der Waals surface area (Å²) in [7, 11) is 0. The molecule has 0 amide bonds. The Kier molecular flexibility index (Phi) is 3.64. The maximum Gasteiger partial charge on any atom is 0.0314 e. The molecule has 0 saturated heterocycles. The second kappa shape index (κ2) is 3.73. The van der Waals surface area contributed by atoms with Crippen LogP contribution in [0.3, 0.4) is 0 Å². The molecule has 9 heavy (non-hydrogen) atoms. The molecule has 0 aromatic heterocycles. The molecular weight excluding hydrogens is 132 g/mol. The Morgan fingerprint density at radius 1 is 1.56 bits per heavy atom. The van der Waals surface area contributed by atoms with Gasteiger partial charge in [-0.05, 0) is 6.42 Å². The third-order valence-corrected chi connectivity index (χ3v) is 2.02. The molecule has 1 unspecified atom stereocenters. The largest absolute Gasteiger partial charge is 0.126 e. The van der Waals surface area contributed by atoms with E-state index < -0.39 is 0 Å². The highest BCUT2D eigenvalue weighted by molar-refractivity contribution is 6.18. The predicted molar refractivity (Wildman–Crippen MR) is 43.8 cm³/mol. The Bertz CT molecular complexity index is 107. The van der Waals surface area contributed by atoms with E-state index >= 15 is 0 Å². The van der Waals surface area contributed by atoms with Crippen molar-refractivity contribution in [1.82, 2.24) is 0 Å². The van der Waals surface area contributed by atoms with E-state index in [1.165, 1.54) is 0 Å². The van der Waals surface area contributed by atoms with Crippen molar-refractivity contribution in [2.75, 3.05) is 5.88 Å². The Hall–Kier alpha value is -0.230. The number of rotatable bonds is 4. The van der Waals surface area contributed by atoms with Crippen molar-refractivity contribution in [3.8, 4) is 0 Å². The van der Waals surface area contributed by atoms with E-state index in [0.717, 1.165) is 6.42 Å². The lowest BCUT2D eigenvalue weighted by molar-refractivity contribution is 0.498. The summed E-state index contributed by atoms with van der Waals surface area (Å²) in [6.45, 7) is 9.39. The average Bonchev–Trinajstić information content (AvgIpc) is 1.89. The summed E-state index contributed by atoms with van der Waals surface area (Å²) in [6, 6.07) is 0. The van der Waals surface area contributed by atoms with E-state index in [-0.39, 0.29) is 5.41 Å². The molecular formula is C8H13Cl. The molecule has 1 atom stereocenters. The van der Waals surface area contributed by atoms with Crippen molar-refractivity contribution in [3.63, 3.8) is 0 Å². The Morgan fingerprint density at radius 2 is 2.11 bits per heavy atom. The molecule has 0 saturated carbocycles. The third-order valence-electron chi connectivity index (χ3n) is 1.41. The normalized spacial score (nSPS) is 16.2. The molecule has 0 N–H and O–H groups in total. The standard InChI is InChI=1S/C8H13Cl/c1-4-6-8(3,5-2)7-9/h4-5H,1-2,6-7H2,3H3. The lowest BCUT2D eigenvalue weighted by Crippen LogP contribution is -2.12. The van der Waals surface area contributed by atoms with Gasteiger partial charge in [0.05, 0.1) is 0 Å². The number of allylic oxidation sites excluding steroid dienone is 2. The zero-order chi connectivity index (χ0) is 7.33. The Balaban J connectivity index is 3.90. The Labute approximate surface area is 62.2 Å². The average molecular weight is 145 g/mol. The summed E-state index contributed by atoms with van der Waals surface area (Å²) in [5.41, 5.74) is 0.0449. The van der Waals surface area contributed by atoms with Crippen molar-refractivity contribution in [3.05, 3.63) is 25.3 Å². The van der Waals surface area contributed by atoms with Crippen molar-refractivity contribution in [2.45, 2.75) is 13.3 Å². The van der Waals surface area contributed by atoms with E-state index in [4.69, 9.17) is 11.6 Å². The first-order chi connectivity index (χ1) is 4.18. The molecule has 0 aromatic carbocycles. The highest BCUT2D eigenvalue weighted by atomic mass is 35.5. The zero-order valence-electron chi connectivity index (χ0n) is 5.86. The van der Waals surface area contributed by atoms with Crippen molar-refractivity contribution < 1.29 is 0 Å². The summed E-state index contributed by atoms with van der Waals surface area (Å²) in [6.07, 6.45) is 4.64. The number of hydrogen-bond acceptors (Lipinski definition) is 0. The minimum atomic E-state index is 0.0449. The molecule has 52 valence electrons. The lowest BCUT2D eigenvalue weighted by Gasteiger charge is -2.19. The Morgan fingerprint density at radius 3 is 2.22 bits per heavy atom. The van der Waals surface area contributed by atoms with E-state index in [2.05, 4.69) is 20.1 Å². The monoisotopic (exact) mass is 144 g/mol. The van der Waals surface area contributed by atoms with Crippen LogP contribution in [0.5, 0.6) is 0 Å². The molecule has 0 rings (SSSR count). The van der Waals surface area contributed by atoms with Crippen LogP contribution in [0, 0.1) is 5.41 Å². The third kappa shape index (κ3) is 2.71. The van der Waals surface area contributed by atoms with Gasteiger partial charge in [-0.25, -0.2) is 0 Å². The van der Waals surface area contributed by atoms with E-state index in [0.29, 0.717) is 5.88 Å². The van der Waals surface area contributed by atoms with Gasteiger partial charge in [0.25, 0.3) is 0 Å². The summed E-state index contributed by atoms with van der Waals surface area (Å²) in [4.78, 5) is 0. The quantitative estimate of drug-likeness (QED) is 0.421. The molecule has 0 bridgehead atoms. The smallest absolute Gasteiger partial charge is 0.0314 e. The molecule has 0 heterocycles. The fraction of sp³-hybridized carbons (Fsp3) is 0.500. The van der Waals surface area contributed by atoms with Crippen molar-refractivity contribution >= 4 is 11.6 Å². The van der Waals surface area contributed by atoms with Gasteiger partial charge in [-0.1, -0.05) is 19.1 Å². The van der Waals surface area contributed by atoms with E-state index in [1.54, 1.807) is 0 Å². The van der Waals surface area contributed by atoms with Crippen LogP contribution in [0.25, 0.3) is 0 Å². The van der Waals surface area contributed by atoms with E-state index in [9.17, 15) is 0 Å². The number of halogens is 1. The SMILES string of the molecule is C=CCC(C)(C=C)CCl. The minimum absolute atomic E-state index is 0.0449. The first kappa shape index (κ1) is 8.77. The molecule has 0 radical (unpaired) electrons. The van der Waals surface area contributed by atoms with Gasteiger partial charge in [0.15, 0.2) is 0 Å². The molecule has 0 aromatic rings. The molecule has 0 aliphatic carbocycles. The molecule has 1 heteroatoms. The maximum atomic E-state index is 5.67. The molecule has 0 nitrogen and oxygen atoms in total. The summed E-state index contributed by atoms with van der Waals surface area (Å²) in [5, 5.41) is 0. The van der Waals surface area contributed by atoms with Gasteiger partial charge in [-0.2, -0.15) is 0 Å². The highest BCUT2D eigenvalue weighted by Crippen LogP contribution is 2.24. The lowest BCUT2D eigenvalue weighted by atomic mass is 9.90. The fourth-order valence-electron chi connectivity index (χ4n) is 0.522. The van der Waals surface area contributed by atoms with Crippen LogP contribution in [0.2, 0.25) is 0 Å². The zero-order valence-corrected chi connectivity index (χ0v) is 6.62. The number of alkyl halides is 1. The highest BCUT2D eigenvalue weighted by Gasteiger charge is 2.15. The van der Waals surface area contributed by atoms with Gasteiger partial charge in [0, 0.05) is 11.3 Å². The molecule has 0 spiro atoms. The first-order valence-electron chi connectivity index (χ1n) is 2.99. The van der Waals surface area contributed by atoms with Crippen LogP contribution in [-0.4, -0.2) is 5.88 Å². The van der Waals surface area contributed by atoms with E-state index in [1.807, 2.05) is 12.2 Å². The second-order valence-corrected chi connectivity index (χ2v) is 2.75. The summed E-state index contributed by atoms with van der Waals surface area (Å²) in [5.74, 6) is 0.614. The van der Waals surface area contributed by atoms with Crippen LogP contribution in [0.1, 0.15) is 13.3 Å². The first-order valence-corrected chi connectivity index (χ1v) is 3.52. The molecule has 0 aliphatic rings. The van der Waals surface area contributed by atoms with Gasteiger partial charge in [0.1, 0.15) is 0 Å². The van der Waals surface area contributed by atoms with Crippen LogP contribution in [0.15, 0.2) is 25.3 Å². The molecule has 0 aliphatic heterocycles.